The van der Waals surface area contributed by atoms with Gasteiger partial charge >= 0.3 is 0 Å². The first-order valence-electron chi connectivity index (χ1n) is 31.1. The van der Waals surface area contributed by atoms with Crippen LogP contribution in [0.25, 0.3) is 0 Å². The number of ether oxygens (including phenoxy) is 2. The van der Waals surface area contributed by atoms with Crippen molar-refractivity contribution in [3.8, 4) is 0 Å². The monoisotopic (exact) mass is 1040 g/mol. The van der Waals surface area contributed by atoms with E-state index in [9.17, 15) is 15.3 Å². The Morgan fingerprint density at radius 1 is 0.493 bits per heavy atom. The first kappa shape index (κ1) is 74.7. The molecule has 18 unspecified atom stereocenters. The fourth-order valence-electron chi connectivity index (χ4n) is 11.9. The lowest BCUT2D eigenvalue weighted by Crippen LogP contribution is -2.30. The summed E-state index contributed by atoms with van der Waals surface area (Å²) in [6.45, 7) is 44.1. The Morgan fingerprint density at radius 2 is 0.945 bits per heavy atom. The van der Waals surface area contributed by atoms with E-state index in [1.165, 1.54) is 57.8 Å². The number of hydrogen-bond acceptors (Lipinski definition) is 9. The molecule has 0 aromatic heterocycles. The Morgan fingerprint density at radius 3 is 1.32 bits per heavy atom. The molecule has 0 aromatic carbocycles. The Balaban J connectivity index is 0. The second kappa shape index (κ2) is 43.5. The minimum Gasteiger partial charge on any atom is -0.396 e. The van der Waals surface area contributed by atoms with Gasteiger partial charge in [0.15, 0.2) is 0 Å². The van der Waals surface area contributed by atoms with Gasteiger partial charge in [0.05, 0.1) is 37.6 Å². The number of aliphatic hydroxyl groups is 7. The molecule has 0 aromatic rings. The number of aliphatic hydroxyl groups excluding tert-OH is 7. The third-order valence-electron chi connectivity index (χ3n) is 18.0. The summed E-state index contributed by atoms with van der Waals surface area (Å²) in [5, 5.41) is 62.7. The van der Waals surface area contributed by atoms with Crippen molar-refractivity contribution in [1.29, 1.82) is 0 Å². The van der Waals surface area contributed by atoms with Crippen LogP contribution in [0.4, 0.5) is 0 Å². The van der Waals surface area contributed by atoms with Crippen molar-refractivity contribution < 1.29 is 45.2 Å². The largest absolute Gasteiger partial charge is 0.396 e. The summed E-state index contributed by atoms with van der Waals surface area (Å²) in [7, 11) is 0. The van der Waals surface area contributed by atoms with Gasteiger partial charge in [-0.2, -0.15) is 0 Å². The average Bonchev–Trinajstić information content (AvgIpc) is 4.13. The van der Waals surface area contributed by atoms with Gasteiger partial charge in [0, 0.05) is 38.4 Å². The molecule has 6 saturated carbocycles. The molecule has 6 rings (SSSR count). The highest BCUT2D eigenvalue weighted by atomic mass is 16.5. The normalized spacial score (nSPS) is 33.5. The van der Waals surface area contributed by atoms with Crippen molar-refractivity contribution in [3.63, 3.8) is 0 Å². The van der Waals surface area contributed by atoms with Crippen molar-refractivity contribution in [1.82, 2.24) is 0 Å². The molecular formula is C64H132O9. The zero-order chi connectivity index (χ0) is 56.4. The molecule has 9 heteroatoms. The Hall–Kier alpha value is -0.360. The lowest BCUT2D eigenvalue weighted by molar-refractivity contribution is 0.0340. The molecular weight excluding hydrogens is 913 g/mol. The van der Waals surface area contributed by atoms with E-state index in [4.69, 9.17) is 29.9 Å². The molecule has 7 N–H and O–H groups in total. The third-order valence-corrected chi connectivity index (χ3v) is 18.0. The van der Waals surface area contributed by atoms with Crippen LogP contribution in [-0.4, -0.2) is 106 Å². The molecule has 0 aliphatic heterocycles. The summed E-state index contributed by atoms with van der Waals surface area (Å²) in [6, 6.07) is 0. The summed E-state index contributed by atoms with van der Waals surface area (Å²) in [6.07, 6.45) is 20.4. The zero-order valence-electron chi connectivity index (χ0n) is 51.9. The Bertz CT molecular complexity index is 1120. The number of rotatable bonds is 17. The highest BCUT2D eigenvalue weighted by Gasteiger charge is 2.49. The van der Waals surface area contributed by atoms with Gasteiger partial charge in [0.2, 0.25) is 0 Å². The van der Waals surface area contributed by atoms with E-state index in [1.807, 2.05) is 27.7 Å². The predicted octanol–water partition coefficient (Wildman–Crippen LogP) is 14.3. The molecule has 18 atom stereocenters. The molecule has 442 valence electrons. The van der Waals surface area contributed by atoms with Crippen LogP contribution < -0.4 is 0 Å². The van der Waals surface area contributed by atoms with Crippen LogP contribution in [0, 0.1) is 101 Å². The summed E-state index contributed by atoms with van der Waals surface area (Å²) in [4.78, 5) is 0. The second-order valence-corrected chi connectivity index (χ2v) is 25.8. The SMILES string of the molecule is CC(C)C1CCC(C)C(O)C1.CC(C)C1CCC(O)C(C)C1.CC(C)CO.CC(C)O.CCC1CC2CC1C(C)C2C.CCC1CC2CC1C(O)C2C.CCCCOCC(C)CO.CCCCOCC(O)CC. The lowest BCUT2D eigenvalue weighted by atomic mass is 9.75. The first-order chi connectivity index (χ1) is 34.3. The van der Waals surface area contributed by atoms with Gasteiger partial charge in [0.25, 0.3) is 0 Å². The van der Waals surface area contributed by atoms with E-state index >= 15 is 0 Å². The molecule has 0 heterocycles. The number of unbranched alkanes of at least 4 members (excludes halogenated alkanes) is 2. The molecule has 4 bridgehead atoms. The van der Waals surface area contributed by atoms with E-state index in [0.29, 0.717) is 49.4 Å². The number of fused-ring (bicyclic) bond motifs is 4. The van der Waals surface area contributed by atoms with Crippen LogP contribution in [0.3, 0.4) is 0 Å². The molecule has 6 fully saturated rings. The van der Waals surface area contributed by atoms with E-state index in [2.05, 4.69) is 90.0 Å². The quantitative estimate of drug-likeness (QED) is 0.0704. The van der Waals surface area contributed by atoms with E-state index in [-0.39, 0.29) is 43.0 Å². The average molecular weight is 1050 g/mol. The summed E-state index contributed by atoms with van der Waals surface area (Å²) >= 11 is 0. The Kier molecular flexibility index (Phi) is 44.5. The van der Waals surface area contributed by atoms with E-state index < -0.39 is 0 Å². The van der Waals surface area contributed by atoms with Crippen molar-refractivity contribution in [2.75, 3.05) is 39.6 Å². The molecule has 9 nitrogen and oxygen atoms in total. The van der Waals surface area contributed by atoms with Crippen molar-refractivity contribution in [2.24, 2.45) is 101 Å². The Labute approximate surface area is 455 Å². The fourth-order valence-corrected chi connectivity index (χ4v) is 11.9. The maximum absolute atomic E-state index is 9.79. The van der Waals surface area contributed by atoms with Gasteiger partial charge in [0.1, 0.15) is 0 Å². The van der Waals surface area contributed by atoms with Gasteiger partial charge < -0.3 is 45.2 Å². The zero-order valence-corrected chi connectivity index (χ0v) is 51.9. The van der Waals surface area contributed by atoms with Gasteiger partial charge in [-0.15, -0.1) is 0 Å². The molecule has 0 saturated heterocycles. The smallest absolute Gasteiger partial charge is 0.0771 e. The van der Waals surface area contributed by atoms with Crippen LogP contribution >= 0.6 is 0 Å². The number of hydrogen-bond donors (Lipinski definition) is 7. The highest BCUT2D eigenvalue weighted by Crippen LogP contribution is 2.56. The standard InChI is InChI=1S/C11H20.C10H18O.2C10H20O.2C8H18O2.C4H10O.C3H8O/c1-4-9-5-10-6-11(9)8(3)7(10)2;1-3-7-4-8-5-9(7)10(11)6(8)2;1-7(2)9-4-5-10(11)8(3)6-9;1-7(2)9-5-4-8(3)10(11)6-9;1-3-4-5-10-7-8(2)6-9;1-3-5-6-10-7-8(9)4-2;1-4(2)3-5;1-3(2)4/h7-11H,4-6H2,1-3H3;6-11H,3-5H2,1-2H3;2*7-11H,4-6H2,1-3H3;2*8-9H,3-7H2,1-2H3;4-5H,3H2,1-2H3;3-4H,1-2H3. The van der Waals surface area contributed by atoms with Crippen LogP contribution in [0.15, 0.2) is 0 Å². The summed E-state index contributed by atoms with van der Waals surface area (Å²) in [5.74, 6) is 13.2. The van der Waals surface area contributed by atoms with Crippen LogP contribution in [0.5, 0.6) is 0 Å². The maximum atomic E-state index is 9.79. The molecule has 0 amide bonds. The molecule has 0 radical (unpaired) electrons. The third kappa shape index (κ3) is 32.3. The topological polar surface area (TPSA) is 160 Å². The van der Waals surface area contributed by atoms with Crippen LogP contribution in [0.2, 0.25) is 0 Å². The van der Waals surface area contributed by atoms with Crippen molar-refractivity contribution in [3.05, 3.63) is 0 Å². The molecule has 6 aliphatic rings. The van der Waals surface area contributed by atoms with Gasteiger partial charge in [-0.05, 0) is 192 Å². The molecule has 6 aliphatic carbocycles. The predicted molar refractivity (Wildman–Crippen MR) is 311 cm³/mol. The lowest BCUT2D eigenvalue weighted by Gasteiger charge is -2.33. The van der Waals surface area contributed by atoms with Crippen LogP contribution in [0.1, 0.15) is 241 Å². The van der Waals surface area contributed by atoms with Gasteiger partial charge in [-0.25, -0.2) is 0 Å². The highest BCUT2D eigenvalue weighted by molar-refractivity contribution is 4.99. The summed E-state index contributed by atoms with van der Waals surface area (Å²) < 4.78 is 10.4. The minimum absolute atomic E-state index is 0.0231. The minimum atomic E-state index is -0.267. The molecule has 0 spiro atoms. The first-order valence-corrected chi connectivity index (χ1v) is 31.1. The second-order valence-electron chi connectivity index (χ2n) is 25.8. The van der Waals surface area contributed by atoms with Crippen molar-refractivity contribution in [2.45, 2.75) is 271 Å². The molecule has 73 heavy (non-hydrogen) atoms. The maximum Gasteiger partial charge on any atom is 0.0771 e. The van der Waals surface area contributed by atoms with Gasteiger partial charge in [-0.1, -0.05) is 143 Å². The summed E-state index contributed by atoms with van der Waals surface area (Å²) in [5.41, 5.74) is 0. The van der Waals surface area contributed by atoms with Crippen LogP contribution in [-0.2, 0) is 9.47 Å². The van der Waals surface area contributed by atoms with E-state index in [1.54, 1.807) is 26.7 Å². The van der Waals surface area contributed by atoms with E-state index in [0.717, 1.165) is 117 Å². The fraction of sp³-hybridized carbons (Fsp3) is 1.00. The van der Waals surface area contributed by atoms with Crippen molar-refractivity contribution >= 4 is 0 Å². The van der Waals surface area contributed by atoms with Gasteiger partial charge in [-0.3, -0.25) is 0 Å².